The van der Waals surface area contributed by atoms with E-state index >= 15 is 0 Å². The summed E-state index contributed by atoms with van der Waals surface area (Å²) in [6.45, 7) is 1.94. The van der Waals surface area contributed by atoms with Gasteiger partial charge in [0.1, 0.15) is 17.1 Å². The highest BCUT2D eigenvalue weighted by molar-refractivity contribution is 5.92. The number of hydrogen-bond acceptors (Lipinski definition) is 3. The molecule has 2 aromatic carbocycles. The largest absolute Gasteiger partial charge is 0.478 e. The number of anilines is 1. The molecule has 0 saturated heterocycles. The van der Waals surface area contributed by atoms with Crippen LogP contribution in [-0.4, -0.2) is 11.1 Å². The number of carbonyl (C=O) groups is 1. The second-order valence-corrected chi connectivity index (χ2v) is 3.98. The van der Waals surface area contributed by atoms with E-state index in [0.29, 0.717) is 11.4 Å². The van der Waals surface area contributed by atoms with Crippen LogP contribution in [0, 0.1) is 6.92 Å². The van der Waals surface area contributed by atoms with Gasteiger partial charge in [0.2, 0.25) is 0 Å². The number of ether oxygens (including phenoxy) is 1. The van der Waals surface area contributed by atoms with Crippen molar-refractivity contribution < 1.29 is 14.6 Å². The third-order valence-corrected chi connectivity index (χ3v) is 2.45. The summed E-state index contributed by atoms with van der Waals surface area (Å²) in [4.78, 5) is 11.1. The van der Waals surface area contributed by atoms with Crippen LogP contribution in [0.1, 0.15) is 15.9 Å². The van der Waals surface area contributed by atoms with Crippen LogP contribution >= 0.6 is 0 Å². The van der Waals surface area contributed by atoms with Gasteiger partial charge in [-0.1, -0.05) is 12.1 Å². The summed E-state index contributed by atoms with van der Waals surface area (Å²) in [6.07, 6.45) is 0. The SMILES string of the molecule is Cc1cccc(Oc2ccc(N)cc2C(=O)O)c1. The molecule has 0 bridgehead atoms. The van der Waals surface area contributed by atoms with Crippen LogP contribution in [0.25, 0.3) is 0 Å². The number of carboxylic acids is 1. The number of aromatic carboxylic acids is 1. The lowest BCUT2D eigenvalue weighted by molar-refractivity contribution is 0.0694. The van der Waals surface area contributed by atoms with E-state index in [1.807, 2.05) is 25.1 Å². The van der Waals surface area contributed by atoms with Crippen molar-refractivity contribution in [2.75, 3.05) is 5.73 Å². The lowest BCUT2D eigenvalue weighted by Gasteiger charge is -2.09. The van der Waals surface area contributed by atoms with Crippen molar-refractivity contribution in [3.8, 4) is 11.5 Å². The van der Waals surface area contributed by atoms with E-state index in [1.54, 1.807) is 18.2 Å². The summed E-state index contributed by atoms with van der Waals surface area (Å²) in [6, 6.07) is 11.9. The van der Waals surface area contributed by atoms with Gasteiger partial charge in [-0.3, -0.25) is 0 Å². The molecule has 0 unspecified atom stereocenters. The Kier molecular flexibility index (Phi) is 3.19. The van der Waals surface area contributed by atoms with Crippen molar-refractivity contribution in [3.05, 3.63) is 53.6 Å². The van der Waals surface area contributed by atoms with Crippen LogP contribution in [0.15, 0.2) is 42.5 Å². The van der Waals surface area contributed by atoms with Crippen LogP contribution in [-0.2, 0) is 0 Å². The van der Waals surface area contributed by atoms with Crippen molar-refractivity contribution in [2.45, 2.75) is 6.92 Å². The summed E-state index contributed by atoms with van der Waals surface area (Å²) in [7, 11) is 0. The minimum Gasteiger partial charge on any atom is -0.478 e. The molecular formula is C14H13NO3. The quantitative estimate of drug-likeness (QED) is 0.812. The van der Waals surface area contributed by atoms with Crippen LogP contribution < -0.4 is 10.5 Å². The third-order valence-electron chi connectivity index (χ3n) is 2.45. The highest BCUT2D eigenvalue weighted by Gasteiger charge is 2.12. The minimum absolute atomic E-state index is 0.0523. The molecule has 92 valence electrons. The van der Waals surface area contributed by atoms with Gasteiger partial charge in [0.25, 0.3) is 0 Å². The third kappa shape index (κ3) is 2.60. The number of hydrogen-bond donors (Lipinski definition) is 2. The van der Waals surface area contributed by atoms with Gasteiger partial charge in [-0.05, 0) is 42.8 Å². The van der Waals surface area contributed by atoms with Crippen LogP contribution in [0.3, 0.4) is 0 Å². The van der Waals surface area contributed by atoms with Crippen molar-refractivity contribution in [3.63, 3.8) is 0 Å². The number of rotatable bonds is 3. The van der Waals surface area contributed by atoms with Crippen molar-refractivity contribution in [2.24, 2.45) is 0 Å². The maximum Gasteiger partial charge on any atom is 0.339 e. The van der Waals surface area contributed by atoms with E-state index in [-0.39, 0.29) is 11.3 Å². The zero-order chi connectivity index (χ0) is 13.1. The molecule has 0 aromatic heterocycles. The van der Waals surface area contributed by atoms with Gasteiger partial charge in [-0.2, -0.15) is 0 Å². The Bertz CT molecular complexity index is 593. The maximum atomic E-state index is 11.1. The van der Waals surface area contributed by atoms with Crippen molar-refractivity contribution >= 4 is 11.7 Å². The summed E-state index contributed by atoms with van der Waals surface area (Å²) >= 11 is 0. The molecule has 0 aliphatic rings. The van der Waals surface area contributed by atoms with E-state index in [0.717, 1.165) is 5.56 Å². The first-order chi connectivity index (χ1) is 8.56. The van der Waals surface area contributed by atoms with Gasteiger partial charge < -0.3 is 15.6 Å². The minimum atomic E-state index is -1.06. The van der Waals surface area contributed by atoms with Gasteiger partial charge in [-0.25, -0.2) is 4.79 Å². The highest BCUT2D eigenvalue weighted by atomic mass is 16.5. The zero-order valence-electron chi connectivity index (χ0n) is 9.88. The van der Waals surface area contributed by atoms with Crippen LogP contribution in [0.4, 0.5) is 5.69 Å². The number of benzene rings is 2. The van der Waals surface area contributed by atoms with Crippen molar-refractivity contribution in [1.29, 1.82) is 0 Å². The first kappa shape index (κ1) is 12.0. The standard InChI is InChI=1S/C14H13NO3/c1-9-3-2-4-11(7-9)18-13-6-5-10(15)8-12(13)14(16)17/h2-8H,15H2,1H3,(H,16,17). The molecule has 18 heavy (non-hydrogen) atoms. The Morgan fingerprint density at radius 3 is 2.67 bits per heavy atom. The normalized spacial score (nSPS) is 10.1. The number of aryl methyl sites for hydroxylation is 1. The summed E-state index contributed by atoms with van der Waals surface area (Å²) in [5.74, 6) is -0.186. The monoisotopic (exact) mass is 243 g/mol. The molecule has 0 spiro atoms. The maximum absolute atomic E-state index is 11.1. The molecule has 0 amide bonds. The second-order valence-electron chi connectivity index (χ2n) is 3.98. The van der Waals surface area contributed by atoms with Gasteiger partial charge in [-0.15, -0.1) is 0 Å². The average Bonchev–Trinajstić information content (AvgIpc) is 2.31. The summed E-state index contributed by atoms with van der Waals surface area (Å²) in [5, 5.41) is 9.09. The number of nitrogens with two attached hydrogens (primary N) is 1. The fourth-order valence-electron chi connectivity index (χ4n) is 1.61. The summed E-state index contributed by atoms with van der Waals surface area (Å²) < 4.78 is 5.57. The smallest absolute Gasteiger partial charge is 0.339 e. The van der Waals surface area contributed by atoms with E-state index in [9.17, 15) is 4.79 Å². The molecular weight excluding hydrogens is 230 g/mol. The van der Waals surface area contributed by atoms with E-state index in [1.165, 1.54) is 6.07 Å². The Hall–Kier alpha value is -2.49. The number of nitrogen functional groups attached to an aromatic ring is 1. The predicted octanol–water partition coefficient (Wildman–Crippen LogP) is 3.07. The molecule has 4 heteroatoms. The molecule has 0 atom stereocenters. The molecule has 0 saturated carbocycles. The fraction of sp³-hybridized carbons (Fsp3) is 0.0714. The molecule has 0 aliphatic carbocycles. The lowest BCUT2D eigenvalue weighted by Crippen LogP contribution is -2.01. The lowest BCUT2D eigenvalue weighted by atomic mass is 10.2. The zero-order valence-corrected chi connectivity index (χ0v) is 9.88. The van der Waals surface area contributed by atoms with Gasteiger partial charge in [0, 0.05) is 5.69 Å². The molecule has 0 radical (unpaired) electrons. The molecule has 4 nitrogen and oxygen atoms in total. The molecule has 3 N–H and O–H groups in total. The van der Waals surface area contributed by atoms with E-state index in [2.05, 4.69) is 0 Å². The molecule has 2 rings (SSSR count). The van der Waals surface area contributed by atoms with Crippen LogP contribution in [0.2, 0.25) is 0 Å². The summed E-state index contributed by atoms with van der Waals surface area (Å²) in [5.41, 5.74) is 7.05. The van der Waals surface area contributed by atoms with Crippen molar-refractivity contribution in [1.82, 2.24) is 0 Å². The highest BCUT2D eigenvalue weighted by Crippen LogP contribution is 2.27. The Balaban J connectivity index is 2.37. The first-order valence-corrected chi connectivity index (χ1v) is 5.43. The van der Waals surface area contributed by atoms with E-state index in [4.69, 9.17) is 15.6 Å². The van der Waals surface area contributed by atoms with Gasteiger partial charge in [0.05, 0.1) is 0 Å². The molecule has 0 aliphatic heterocycles. The van der Waals surface area contributed by atoms with Crippen LogP contribution in [0.5, 0.6) is 11.5 Å². The molecule has 0 heterocycles. The average molecular weight is 243 g/mol. The number of carboxylic acid groups (broad SMARTS) is 1. The van der Waals surface area contributed by atoms with Gasteiger partial charge >= 0.3 is 5.97 Å². The Morgan fingerprint density at radius 1 is 1.22 bits per heavy atom. The predicted molar refractivity (Wildman–Crippen MR) is 69.1 cm³/mol. The Labute approximate surface area is 105 Å². The van der Waals surface area contributed by atoms with Gasteiger partial charge in [0.15, 0.2) is 0 Å². The van der Waals surface area contributed by atoms with E-state index < -0.39 is 5.97 Å². The molecule has 2 aromatic rings. The first-order valence-electron chi connectivity index (χ1n) is 5.43. The fourth-order valence-corrected chi connectivity index (χ4v) is 1.61. The topological polar surface area (TPSA) is 72.5 Å². The second kappa shape index (κ2) is 4.79. The molecule has 0 fully saturated rings. The Morgan fingerprint density at radius 2 is 2.00 bits per heavy atom.